The van der Waals surface area contributed by atoms with E-state index < -0.39 is 5.60 Å². The van der Waals surface area contributed by atoms with Crippen LogP contribution in [0.5, 0.6) is 0 Å². The summed E-state index contributed by atoms with van der Waals surface area (Å²) in [5.74, 6) is -0.252. The fraction of sp³-hybridized carbons (Fsp3) is 0.600. The number of nitrogens with one attached hydrogen (secondary N) is 2. The number of amides is 3. The van der Waals surface area contributed by atoms with Crippen molar-refractivity contribution >= 4 is 12.1 Å². The van der Waals surface area contributed by atoms with Crippen molar-refractivity contribution in [1.29, 1.82) is 0 Å². The molecular formula is C20H27FN4O3. The number of carbonyl (C=O) groups is 2. The monoisotopic (exact) mass is 390 g/mol. The Hall–Kier alpha value is -2.35. The number of nitrogens with zero attached hydrogens (tertiary/aromatic N) is 2. The molecule has 0 bridgehead atoms. The van der Waals surface area contributed by atoms with Gasteiger partial charge in [-0.1, -0.05) is 12.1 Å². The Morgan fingerprint density at radius 3 is 2.46 bits per heavy atom. The van der Waals surface area contributed by atoms with E-state index in [-0.39, 0.29) is 24.0 Å². The van der Waals surface area contributed by atoms with Gasteiger partial charge in [-0.05, 0) is 43.6 Å². The lowest BCUT2D eigenvalue weighted by Gasteiger charge is -2.37. The molecule has 3 fully saturated rings. The zero-order valence-electron chi connectivity index (χ0n) is 16.0. The lowest BCUT2D eigenvalue weighted by atomic mass is 9.92. The van der Waals surface area contributed by atoms with Gasteiger partial charge in [-0.2, -0.15) is 0 Å². The van der Waals surface area contributed by atoms with E-state index in [2.05, 4.69) is 15.5 Å². The second-order valence-electron chi connectivity index (χ2n) is 7.91. The number of rotatable bonds is 4. The Morgan fingerprint density at radius 2 is 1.86 bits per heavy atom. The van der Waals surface area contributed by atoms with Crippen molar-refractivity contribution in [2.45, 2.75) is 37.3 Å². The van der Waals surface area contributed by atoms with Gasteiger partial charge in [-0.15, -0.1) is 0 Å². The van der Waals surface area contributed by atoms with Crippen LogP contribution < -0.4 is 10.6 Å². The van der Waals surface area contributed by atoms with E-state index in [1.165, 1.54) is 12.1 Å². The number of alkyl carbamates (subject to hydrolysis) is 1. The molecule has 1 aromatic carbocycles. The molecule has 4 rings (SSSR count). The summed E-state index contributed by atoms with van der Waals surface area (Å²) in [7, 11) is 0. The van der Waals surface area contributed by atoms with Crippen molar-refractivity contribution in [2.75, 3.05) is 39.3 Å². The minimum absolute atomic E-state index is 0.0446. The van der Waals surface area contributed by atoms with E-state index >= 15 is 0 Å². The Kier molecular flexibility index (Phi) is 5.39. The van der Waals surface area contributed by atoms with Crippen LogP contribution in [0.2, 0.25) is 0 Å². The minimum atomic E-state index is -0.458. The van der Waals surface area contributed by atoms with E-state index in [9.17, 15) is 14.0 Å². The Balaban J connectivity index is 1.34. The minimum Gasteiger partial charge on any atom is -0.441 e. The topological polar surface area (TPSA) is 73.9 Å². The van der Waals surface area contributed by atoms with E-state index in [0.717, 1.165) is 31.5 Å². The summed E-state index contributed by atoms with van der Waals surface area (Å²) in [6.45, 7) is 4.11. The molecule has 0 radical (unpaired) electrons. The fourth-order valence-corrected chi connectivity index (χ4v) is 4.39. The van der Waals surface area contributed by atoms with Crippen LogP contribution in [0, 0.1) is 5.82 Å². The maximum Gasteiger partial charge on any atom is 0.407 e. The third-order valence-corrected chi connectivity index (χ3v) is 6.11. The molecule has 1 aromatic rings. The molecule has 0 aliphatic carbocycles. The molecule has 3 aliphatic heterocycles. The largest absolute Gasteiger partial charge is 0.441 e. The maximum absolute atomic E-state index is 13.3. The molecule has 8 heteroatoms. The van der Waals surface area contributed by atoms with Crippen LogP contribution in [0.3, 0.4) is 0 Å². The van der Waals surface area contributed by atoms with Gasteiger partial charge in [-0.3, -0.25) is 4.90 Å². The summed E-state index contributed by atoms with van der Waals surface area (Å²) in [5.41, 5.74) is 0.560. The summed E-state index contributed by atoms with van der Waals surface area (Å²) < 4.78 is 18.7. The molecule has 3 amide bonds. The molecular weight excluding hydrogens is 363 g/mol. The summed E-state index contributed by atoms with van der Waals surface area (Å²) in [4.78, 5) is 28.2. The number of carbonyl (C=O) groups excluding carboxylic acids is 2. The molecule has 0 aromatic heterocycles. The molecule has 2 N–H and O–H groups in total. The molecule has 3 aliphatic rings. The van der Waals surface area contributed by atoms with Crippen molar-refractivity contribution in [1.82, 2.24) is 20.4 Å². The van der Waals surface area contributed by atoms with Crippen molar-refractivity contribution in [3.05, 3.63) is 35.6 Å². The predicted octanol–water partition coefficient (Wildman–Crippen LogP) is 2.25. The van der Waals surface area contributed by atoms with E-state index in [1.54, 1.807) is 17.0 Å². The average molecular weight is 390 g/mol. The van der Waals surface area contributed by atoms with Crippen LogP contribution in [-0.4, -0.2) is 66.8 Å². The summed E-state index contributed by atoms with van der Waals surface area (Å²) >= 11 is 0. The van der Waals surface area contributed by atoms with Gasteiger partial charge in [0.15, 0.2) is 0 Å². The molecule has 3 saturated heterocycles. The Labute approximate surface area is 164 Å². The number of urea groups is 1. The van der Waals surface area contributed by atoms with Crippen LogP contribution in [-0.2, 0) is 4.74 Å². The van der Waals surface area contributed by atoms with Gasteiger partial charge in [0.05, 0.1) is 12.6 Å². The van der Waals surface area contributed by atoms with Gasteiger partial charge in [0.25, 0.3) is 0 Å². The number of halogens is 1. The second kappa shape index (κ2) is 7.95. The Morgan fingerprint density at radius 1 is 1.18 bits per heavy atom. The zero-order valence-corrected chi connectivity index (χ0v) is 16.0. The number of ether oxygens (including phenoxy) is 1. The molecule has 1 spiro atoms. The molecule has 28 heavy (non-hydrogen) atoms. The highest BCUT2D eigenvalue weighted by Gasteiger charge is 2.43. The highest BCUT2D eigenvalue weighted by Crippen LogP contribution is 2.29. The quantitative estimate of drug-likeness (QED) is 0.827. The maximum atomic E-state index is 13.3. The molecule has 1 atom stereocenters. The van der Waals surface area contributed by atoms with E-state index in [4.69, 9.17) is 4.74 Å². The molecule has 3 heterocycles. The van der Waals surface area contributed by atoms with Crippen molar-refractivity contribution < 1.29 is 18.7 Å². The summed E-state index contributed by atoms with van der Waals surface area (Å²) in [6.07, 6.45) is 3.21. The first kappa shape index (κ1) is 19.0. The smallest absolute Gasteiger partial charge is 0.407 e. The van der Waals surface area contributed by atoms with Gasteiger partial charge in [0.1, 0.15) is 11.4 Å². The van der Waals surface area contributed by atoms with E-state index in [1.807, 2.05) is 0 Å². The van der Waals surface area contributed by atoms with Crippen LogP contribution in [0.4, 0.5) is 14.0 Å². The standard InChI is InChI=1S/C20H27FN4O3/c21-16-5-3-15(4-6-16)17(24-9-1-2-10-24)13-22-18(26)25-11-7-20(8-12-25)14-23-19(27)28-20/h3-6,17H,1-2,7-14H2,(H,22,26)(H,23,27)/t17-/m1/s1. The third kappa shape index (κ3) is 4.06. The normalized spacial score (nSPS) is 22.8. The summed E-state index contributed by atoms with van der Waals surface area (Å²) in [5, 5.41) is 5.76. The van der Waals surface area contributed by atoms with Crippen LogP contribution in [0.15, 0.2) is 24.3 Å². The number of likely N-dealkylation sites (tertiary alicyclic amines) is 2. The molecule has 7 nitrogen and oxygen atoms in total. The fourth-order valence-electron chi connectivity index (χ4n) is 4.39. The average Bonchev–Trinajstić information content (AvgIpc) is 3.34. The van der Waals surface area contributed by atoms with Crippen LogP contribution >= 0.6 is 0 Å². The van der Waals surface area contributed by atoms with Crippen molar-refractivity contribution in [2.24, 2.45) is 0 Å². The lowest BCUT2D eigenvalue weighted by molar-refractivity contribution is 0.00964. The number of hydrogen-bond acceptors (Lipinski definition) is 4. The molecule has 0 unspecified atom stereocenters. The second-order valence-corrected chi connectivity index (χ2v) is 7.91. The van der Waals surface area contributed by atoms with Crippen molar-refractivity contribution in [3.63, 3.8) is 0 Å². The van der Waals surface area contributed by atoms with Gasteiger partial charge in [0, 0.05) is 32.5 Å². The lowest BCUT2D eigenvalue weighted by Crippen LogP contribution is -2.52. The highest BCUT2D eigenvalue weighted by atomic mass is 19.1. The van der Waals surface area contributed by atoms with Gasteiger partial charge < -0.3 is 20.3 Å². The first-order valence-corrected chi connectivity index (χ1v) is 10.0. The van der Waals surface area contributed by atoms with Crippen molar-refractivity contribution in [3.8, 4) is 0 Å². The number of benzene rings is 1. The number of hydrogen-bond donors (Lipinski definition) is 2. The van der Waals surface area contributed by atoms with Crippen LogP contribution in [0.1, 0.15) is 37.3 Å². The zero-order chi connectivity index (χ0) is 19.6. The highest BCUT2D eigenvalue weighted by molar-refractivity contribution is 5.74. The SMILES string of the molecule is O=C1NCC2(CCN(C(=O)NC[C@H](c3ccc(F)cc3)N3CCCC3)CC2)O1. The number of piperidine rings is 1. The molecule has 0 saturated carbocycles. The molecule has 152 valence electrons. The first-order valence-electron chi connectivity index (χ1n) is 10.0. The Bertz CT molecular complexity index is 713. The van der Waals surface area contributed by atoms with Gasteiger partial charge in [-0.25, -0.2) is 14.0 Å². The predicted molar refractivity (Wildman–Crippen MR) is 101 cm³/mol. The summed E-state index contributed by atoms with van der Waals surface area (Å²) in [6, 6.07) is 6.50. The van der Waals surface area contributed by atoms with Gasteiger partial charge >= 0.3 is 12.1 Å². The van der Waals surface area contributed by atoms with Crippen LogP contribution in [0.25, 0.3) is 0 Å². The van der Waals surface area contributed by atoms with E-state index in [0.29, 0.717) is 39.0 Å². The third-order valence-electron chi connectivity index (χ3n) is 6.11. The van der Waals surface area contributed by atoms with Gasteiger partial charge in [0.2, 0.25) is 0 Å². The first-order chi connectivity index (χ1) is 13.5.